The fourth-order valence-electron chi connectivity index (χ4n) is 0.767. The van der Waals surface area contributed by atoms with E-state index in [0.717, 1.165) is 5.56 Å². The van der Waals surface area contributed by atoms with E-state index in [-0.39, 0.29) is 6.42 Å². The monoisotopic (exact) mass is 166 g/mol. The quantitative estimate of drug-likeness (QED) is 0.721. The van der Waals surface area contributed by atoms with Crippen molar-refractivity contribution in [3.05, 3.63) is 23.8 Å². The second-order valence-corrected chi connectivity index (χ2v) is 2.57. The van der Waals surface area contributed by atoms with Gasteiger partial charge in [0.15, 0.2) is 0 Å². The van der Waals surface area contributed by atoms with Crippen LogP contribution in [0.1, 0.15) is 17.8 Å². The molecule has 0 fully saturated rings. The van der Waals surface area contributed by atoms with E-state index in [0.29, 0.717) is 12.2 Å². The molecule has 4 heteroatoms. The van der Waals surface area contributed by atoms with Gasteiger partial charge >= 0.3 is 5.97 Å². The highest BCUT2D eigenvalue weighted by atomic mass is 16.4. The molecule has 12 heavy (non-hydrogen) atoms. The van der Waals surface area contributed by atoms with E-state index in [9.17, 15) is 4.79 Å². The topological polar surface area (TPSA) is 63.1 Å². The summed E-state index contributed by atoms with van der Waals surface area (Å²) in [6, 6.07) is 0. The van der Waals surface area contributed by atoms with Crippen LogP contribution in [0.4, 0.5) is 0 Å². The molecule has 1 N–H and O–H groups in total. The number of aliphatic carboxylic acids is 1. The van der Waals surface area contributed by atoms with Gasteiger partial charge in [-0.15, -0.1) is 0 Å². The summed E-state index contributed by atoms with van der Waals surface area (Å²) in [6.07, 6.45) is 3.85. The maximum absolute atomic E-state index is 10.2. The van der Waals surface area contributed by atoms with Crippen LogP contribution in [0.2, 0.25) is 0 Å². The average Bonchev–Trinajstić information content (AvgIpc) is 2.03. The fourth-order valence-corrected chi connectivity index (χ4v) is 0.767. The summed E-state index contributed by atoms with van der Waals surface area (Å²) in [6.45, 7) is 1.89. The molecule has 0 saturated heterocycles. The smallest absolute Gasteiger partial charge is 0.303 e. The van der Waals surface area contributed by atoms with Crippen molar-refractivity contribution in [3.63, 3.8) is 0 Å². The first-order valence-corrected chi connectivity index (χ1v) is 3.68. The second kappa shape index (κ2) is 3.80. The number of carboxylic acid groups (broad SMARTS) is 1. The Labute approximate surface area is 70.3 Å². The zero-order valence-corrected chi connectivity index (χ0v) is 6.82. The van der Waals surface area contributed by atoms with Gasteiger partial charge in [-0.2, -0.15) is 0 Å². The number of hydrogen-bond donors (Lipinski definition) is 1. The lowest BCUT2D eigenvalue weighted by Crippen LogP contribution is -2.01. The van der Waals surface area contributed by atoms with Crippen molar-refractivity contribution in [2.24, 2.45) is 0 Å². The number of rotatable bonds is 3. The van der Waals surface area contributed by atoms with Gasteiger partial charge in [-0.1, -0.05) is 0 Å². The van der Waals surface area contributed by atoms with Gasteiger partial charge in [0.1, 0.15) is 5.82 Å². The van der Waals surface area contributed by atoms with E-state index in [4.69, 9.17) is 5.11 Å². The Balaban J connectivity index is 2.53. The van der Waals surface area contributed by atoms with Gasteiger partial charge < -0.3 is 5.11 Å². The van der Waals surface area contributed by atoms with E-state index < -0.39 is 5.97 Å². The molecule has 0 saturated carbocycles. The van der Waals surface area contributed by atoms with Gasteiger partial charge in [-0.25, -0.2) is 9.97 Å². The van der Waals surface area contributed by atoms with Gasteiger partial charge in [-0.3, -0.25) is 4.79 Å². The number of aryl methyl sites for hydroxylation is 2. The minimum absolute atomic E-state index is 0.0864. The molecule has 0 spiro atoms. The summed E-state index contributed by atoms with van der Waals surface area (Å²) in [5, 5.41) is 8.37. The Morgan fingerprint density at radius 1 is 1.50 bits per heavy atom. The summed E-state index contributed by atoms with van der Waals surface area (Å²) in [4.78, 5) is 18.1. The molecular weight excluding hydrogens is 156 g/mol. The lowest BCUT2D eigenvalue weighted by Gasteiger charge is -1.96. The Bertz CT molecular complexity index is 269. The first kappa shape index (κ1) is 8.64. The van der Waals surface area contributed by atoms with Gasteiger partial charge in [0.05, 0.1) is 6.42 Å². The van der Waals surface area contributed by atoms with Crippen LogP contribution in [-0.2, 0) is 11.2 Å². The summed E-state index contributed by atoms with van der Waals surface area (Å²) in [7, 11) is 0. The van der Waals surface area contributed by atoms with Crippen molar-refractivity contribution in [2.45, 2.75) is 19.8 Å². The summed E-state index contributed by atoms with van der Waals surface area (Å²) < 4.78 is 0. The van der Waals surface area contributed by atoms with E-state index >= 15 is 0 Å². The normalized spacial score (nSPS) is 9.75. The lowest BCUT2D eigenvalue weighted by molar-refractivity contribution is -0.137. The first-order chi connectivity index (χ1) is 5.68. The van der Waals surface area contributed by atoms with Crippen molar-refractivity contribution in [3.8, 4) is 0 Å². The number of carboxylic acids is 1. The maximum Gasteiger partial charge on any atom is 0.303 e. The van der Waals surface area contributed by atoms with Gasteiger partial charge in [0.2, 0.25) is 0 Å². The van der Waals surface area contributed by atoms with Crippen LogP contribution in [-0.4, -0.2) is 21.0 Å². The Kier molecular flexibility index (Phi) is 2.74. The van der Waals surface area contributed by atoms with E-state index in [1.54, 1.807) is 12.4 Å². The highest BCUT2D eigenvalue weighted by Crippen LogP contribution is 1.96. The molecule has 0 aliphatic heterocycles. The third-order valence-corrected chi connectivity index (χ3v) is 1.40. The van der Waals surface area contributed by atoms with Crippen LogP contribution in [0, 0.1) is 6.92 Å². The molecule has 64 valence electrons. The molecule has 0 bridgehead atoms. The third-order valence-electron chi connectivity index (χ3n) is 1.40. The predicted octanol–water partition coefficient (Wildman–Crippen LogP) is 0.802. The molecule has 4 nitrogen and oxygen atoms in total. The molecule has 0 atom stereocenters. The van der Waals surface area contributed by atoms with Gasteiger partial charge in [0, 0.05) is 18.8 Å². The molecule has 1 heterocycles. The number of hydrogen-bond acceptors (Lipinski definition) is 3. The van der Waals surface area contributed by atoms with Gasteiger partial charge in [0.25, 0.3) is 0 Å². The predicted molar refractivity (Wildman–Crippen MR) is 42.7 cm³/mol. The van der Waals surface area contributed by atoms with Crippen molar-refractivity contribution in [2.75, 3.05) is 0 Å². The zero-order chi connectivity index (χ0) is 8.97. The molecule has 0 unspecified atom stereocenters. The zero-order valence-electron chi connectivity index (χ0n) is 6.82. The molecule has 1 rings (SSSR count). The minimum Gasteiger partial charge on any atom is -0.481 e. The molecular formula is C8H10N2O2. The molecule has 0 aliphatic rings. The van der Waals surface area contributed by atoms with Crippen LogP contribution < -0.4 is 0 Å². The maximum atomic E-state index is 10.2. The van der Waals surface area contributed by atoms with Crippen LogP contribution in [0.5, 0.6) is 0 Å². The highest BCUT2D eigenvalue weighted by molar-refractivity contribution is 5.66. The van der Waals surface area contributed by atoms with Crippen LogP contribution in [0.3, 0.4) is 0 Å². The van der Waals surface area contributed by atoms with Crippen LogP contribution in [0.25, 0.3) is 0 Å². The Morgan fingerprint density at radius 3 is 2.58 bits per heavy atom. The van der Waals surface area contributed by atoms with Crippen molar-refractivity contribution < 1.29 is 9.90 Å². The van der Waals surface area contributed by atoms with Gasteiger partial charge in [-0.05, 0) is 12.5 Å². The summed E-state index contributed by atoms with van der Waals surface area (Å²) >= 11 is 0. The van der Waals surface area contributed by atoms with Crippen molar-refractivity contribution in [1.82, 2.24) is 9.97 Å². The van der Waals surface area contributed by atoms with Crippen molar-refractivity contribution >= 4 is 5.97 Å². The van der Waals surface area contributed by atoms with Crippen LogP contribution >= 0.6 is 0 Å². The second-order valence-electron chi connectivity index (χ2n) is 2.57. The molecule has 0 aromatic carbocycles. The van der Waals surface area contributed by atoms with E-state index in [2.05, 4.69) is 9.97 Å². The summed E-state index contributed by atoms with van der Waals surface area (Å²) in [5.41, 5.74) is 0.981. The molecule has 1 aromatic rings. The third kappa shape index (κ3) is 2.65. The van der Waals surface area contributed by atoms with Crippen LogP contribution in [0.15, 0.2) is 12.4 Å². The molecule has 1 aromatic heterocycles. The van der Waals surface area contributed by atoms with Crippen molar-refractivity contribution in [1.29, 1.82) is 0 Å². The first-order valence-electron chi connectivity index (χ1n) is 3.68. The SMILES string of the molecule is Cc1cnc(CCC(=O)O)nc1. The number of carbonyl (C=O) groups is 1. The van der Waals surface area contributed by atoms with E-state index in [1.165, 1.54) is 0 Å². The molecule has 0 aliphatic carbocycles. The average molecular weight is 166 g/mol. The molecule has 0 amide bonds. The highest BCUT2D eigenvalue weighted by Gasteiger charge is 2.00. The largest absolute Gasteiger partial charge is 0.481 e. The fraction of sp³-hybridized carbons (Fsp3) is 0.375. The van der Waals surface area contributed by atoms with E-state index in [1.807, 2.05) is 6.92 Å². The lowest BCUT2D eigenvalue weighted by atomic mass is 10.3. The molecule has 0 radical (unpaired) electrons. The Morgan fingerprint density at radius 2 is 2.08 bits per heavy atom. The number of aromatic nitrogens is 2. The minimum atomic E-state index is -0.820. The standard InChI is InChI=1S/C8H10N2O2/c1-6-4-9-7(10-5-6)2-3-8(11)12/h4-5H,2-3H2,1H3,(H,11,12). The Hall–Kier alpha value is -1.45. The number of nitrogens with zero attached hydrogens (tertiary/aromatic N) is 2. The summed E-state index contributed by atoms with van der Waals surface area (Å²) in [5.74, 6) is -0.234.